The predicted octanol–water partition coefficient (Wildman–Crippen LogP) is 3.06. The molecule has 140 valence electrons. The van der Waals surface area contributed by atoms with Crippen molar-refractivity contribution in [1.82, 2.24) is 10.3 Å². The molecule has 26 heavy (non-hydrogen) atoms. The number of aliphatic hydroxyl groups is 2. The van der Waals surface area contributed by atoms with Crippen LogP contribution in [-0.4, -0.2) is 39.5 Å². The minimum absolute atomic E-state index is 0.207. The normalized spacial score (nSPS) is 13.7. The Morgan fingerprint density at radius 2 is 1.85 bits per heavy atom. The Bertz CT molecular complexity index is 696. The summed E-state index contributed by atoms with van der Waals surface area (Å²) in [6, 6.07) is 12.9. The van der Waals surface area contributed by atoms with Crippen LogP contribution >= 0.6 is 0 Å². The Morgan fingerprint density at radius 3 is 2.42 bits per heavy atom. The van der Waals surface area contributed by atoms with Gasteiger partial charge in [-0.1, -0.05) is 30.3 Å². The Balaban J connectivity index is 1.86. The number of aromatic nitrogens is 1. The van der Waals surface area contributed by atoms with Crippen LogP contribution < -0.4 is 5.32 Å². The number of aliphatic hydroxyl groups excluding tert-OH is 2. The topological polar surface area (TPSA) is 91.7 Å². The number of benzene rings is 1. The van der Waals surface area contributed by atoms with Crippen LogP contribution in [0.4, 0.5) is 4.79 Å². The second kappa shape index (κ2) is 8.78. The molecule has 0 spiro atoms. The molecule has 6 heteroatoms. The second-order valence-corrected chi connectivity index (χ2v) is 7.07. The van der Waals surface area contributed by atoms with Crippen molar-refractivity contribution in [3.05, 3.63) is 54.2 Å². The lowest BCUT2D eigenvalue weighted by Crippen LogP contribution is -2.34. The lowest BCUT2D eigenvalue weighted by molar-refractivity contribution is 0.0123. The third-order valence-electron chi connectivity index (χ3n) is 3.69. The Hall–Kier alpha value is -2.44. The lowest BCUT2D eigenvalue weighted by atomic mass is 10.00. The van der Waals surface area contributed by atoms with Crippen molar-refractivity contribution in [2.24, 2.45) is 0 Å². The van der Waals surface area contributed by atoms with Gasteiger partial charge in [0.05, 0.1) is 11.8 Å². The van der Waals surface area contributed by atoms with Crippen LogP contribution in [0.3, 0.4) is 0 Å². The molecular formula is C20H26N2O4. The average Bonchev–Trinajstić information content (AvgIpc) is 2.60. The van der Waals surface area contributed by atoms with Crippen molar-refractivity contribution in [1.29, 1.82) is 0 Å². The summed E-state index contributed by atoms with van der Waals surface area (Å²) in [7, 11) is 0. The molecule has 1 amide bonds. The van der Waals surface area contributed by atoms with Crippen molar-refractivity contribution >= 4 is 6.09 Å². The van der Waals surface area contributed by atoms with Crippen molar-refractivity contribution in [2.45, 2.75) is 45.0 Å². The van der Waals surface area contributed by atoms with Gasteiger partial charge in [0.15, 0.2) is 0 Å². The third kappa shape index (κ3) is 6.13. The fourth-order valence-electron chi connectivity index (χ4n) is 2.40. The van der Waals surface area contributed by atoms with Crippen LogP contribution in [-0.2, 0) is 4.74 Å². The highest BCUT2D eigenvalue weighted by molar-refractivity contribution is 5.67. The SMILES string of the molecule is CC(C)(C)OC(=O)NCCC(O)C(O)c1ccc(-c2ccccn2)cc1. The minimum Gasteiger partial charge on any atom is -0.444 e. The second-order valence-electron chi connectivity index (χ2n) is 7.07. The van der Waals surface area contributed by atoms with Gasteiger partial charge in [-0.2, -0.15) is 0 Å². The van der Waals surface area contributed by atoms with Crippen LogP contribution in [0.15, 0.2) is 48.7 Å². The highest BCUT2D eigenvalue weighted by atomic mass is 16.6. The zero-order valence-electron chi connectivity index (χ0n) is 15.3. The molecule has 1 aromatic heterocycles. The zero-order valence-corrected chi connectivity index (χ0v) is 15.3. The summed E-state index contributed by atoms with van der Waals surface area (Å²) in [6.07, 6.45) is -0.639. The highest BCUT2D eigenvalue weighted by Gasteiger charge is 2.20. The first-order chi connectivity index (χ1) is 12.3. The summed E-state index contributed by atoms with van der Waals surface area (Å²) < 4.78 is 5.12. The van der Waals surface area contributed by atoms with E-state index in [0.29, 0.717) is 5.56 Å². The number of alkyl carbamates (subject to hydrolysis) is 1. The molecule has 2 aromatic rings. The summed E-state index contributed by atoms with van der Waals surface area (Å²) in [5.41, 5.74) is 1.81. The zero-order chi connectivity index (χ0) is 19.2. The fraction of sp³-hybridized carbons (Fsp3) is 0.400. The van der Waals surface area contributed by atoms with Crippen molar-refractivity contribution in [3.8, 4) is 11.3 Å². The monoisotopic (exact) mass is 358 g/mol. The number of carbonyl (C=O) groups excluding carboxylic acids is 1. The molecule has 0 aliphatic carbocycles. The maximum atomic E-state index is 11.6. The summed E-state index contributed by atoms with van der Waals surface area (Å²) in [4.78, 5) is 15.8. The van der Waals surface area contributed by atoms with E-state index in [1.807, 2.05) is 30.3 Å². The molecule has 2 rings (SSSR count). The molecule has 6 nitrogen and oxygen atoms in total. The molecule has 3 N–H and O–H groups in total. The van der Waals surface area contributed by atoms with Crippen LogP contribution in [0.25, 0.3) is 11.3 Å². The largest absolute Gasteiger partial charge is 0.444 e. The minimum atomic E-state index is -1.03. The van der Waals surface area contributed by atoms with E-state index in [2.05, 4.69) is 10.3 Å². The Labute approximate surface area is 153 Å². The Kier molecular flexibility index (Phi) is 6.71. The molecule has 0 saturated carbocycles. The van der Waals surface area contributed by atoms with Crippen molar-refractivity contribution in [2.75, 3.05) is 6.54 Å². The molecule has 1 aromatic carbocycles. The van der Waals surface area contributed by atoms with E-state index in [4.69, 9.17) is 4.74 Å². The molecule has 1 heterocycles. The maximum Gasteiger partial charge on any atom is 0.407 e. The molecule has 0 bridgehead atoms. The van der Waals surface area contributed by atoms with Crippen molar-refractivity contribution < 1.29 is 19.7 Å². The lowest BCUT2D eigenvalue weighted by Gasteiger charge is -2.21. The average molecular weight is 358 g/mol. The van der Waals surface area contributed by atoms with E-state index in [1.54, 1.807) is 39.1 Å². The molecule has 0 saturated heterocycles. The number of rotatable bonds is 6. The predicted molar refractivity (Wildman–Crippen MR) is 99.5 cm³/mol. The number of hydrogen-bond donors (Lipinski definition) is 3. The summed E-state index contributed by atoms with van der Waals surface area (Å²) >= 11 is 0. The van der Waals surface area contributed by atoms with Crippen LogP contribution in [0, 0.1) is 0 Å². The molecule has 0 radical (unpaired) electrons. The van der Waals surface area contributed by atoms with E-state index < -0.39 is 23.9 Å². The smallest absolute Gasteiger partial charge is 0.407 e. The first-order valence-electron chi connectivity index (χ1n) is 8.60. The highest BCUT2D eigenvalue weighted by Crippen LogP contribution is 2.23. The first-order valence-corrected chi connectivity index (χ1v) is 8.60. The van der Waals surface area contributed by atoms with E-state index in [0.717, 1.165) is 11.3 Å². The number of amides is 1. The van der Waals surface area contributed by atoms with Gasteiger partial charge in [0.1, 0.15) is 11.7 Å². The fourth-order valence-corrected chi connectivity index (χ4v) is 2.40. The number of pyridine rings is 1. The number of carbonyl (C=O) groups is 1. The van der Waals surface area contributed by atoms with Gasteiger partial charge in [-0.25, -0.2) is 4.79 Å². The number of ether oxygens (including phenoxy) is 1. The van der Waals surface area contributed by atoms with Gasteiger partial charge in [-0.3, -0.25) is 4.98 Å². The van der Waals surface area contributed by atoms with Gasteiger partial charge in [0.25, 0.3) is 0 Å². The van der Waals surface area contributed by atoms with Gasteiger partial charge in [0, 0.05) is 18.3 Å². The van der Waals surface area contributed by atoms with E-state index in [-0.39, 0.29) is 13.0 Å². The molecule has 0 fully saturated rings. The van der Waals surface area contributed by atoms with Gasteiger partial charge < -0.3 is 20.3 Å². The molecular weight excluding hydrogens is 332 g/mol. The quantitative estimate of drug-likeness (QED) is 0.738. The summed E-state index contributed by atoms with van der Waals surface area (Å²) in [5, 5.41) is 23.0. The van der Waals surface area contributed by atoms with E-state index in [1.165, 1.54) is 0 Å². The van der Waals surface area contributed by atoms with Gasteiger partial charge in [-0.15, -0.1) is 0 Å². The third-order valence-corrected chi connectivity index (χ3v) is 3.69. The standard InChI is InChI=1S/C20H26N2O4/c1-20(2,3)26-19(25)22-13-11-17(23)18(24)15-9-7-14(8-10-15)16-6-4-5-12-21-16/h4-10,12,17-18,23-24H,11,13H2,1-3H3,(H,22,25). The van der Waals surface area contributed by atoms with Crippen LogP contribution in [0.2, 0.25) is 0 Å². The van der Waals surface area contributed by atoms with Crippen LogP contribution in [0.5, 0.6) is 0 Å². The molecule has 0 aliphatic heterocycles. The number of hydrogen-bond acceptors (Lipinski definition) is 5. The number of nitrogens with zero attached hydrogens (tertiary/aromatic N) is 1. The number of nitrogens with one attached hydrogen (secondary N) is 1. The maximum absolute atomic E-state index is 11.6. The summed E-state index contributed by atoms with van der Waals surface area (Å²) in [6.45, 7) is 5.54. The first kappa shape index (κ1) is 19.9. The van der Waals surface area contributed by atoms with Gasteiger partial charge >= 0.3 is 6.09 Å². The van der Waals surface area contributed by atoms with Crippen LogP contribution in [0.1, 0.15) is 38.9 Å². The van der Waals surface area contributed by atoms with E-state index >= 15 is 0 Å². The molecule has 2 atom stereocenters. The van der Waals surface area contributed by atoms with E-state index in [9.17, 15) is 15.0 Å². The van der Waals surface area contributed by atoms with Gasteiger partial charge in [-0.05, 0) is 44.9 Å². The molecule has 0 aliphatic rings. The van der Waals surface area contributed by atoms with Crippen molar-refractivity contribution in [3.63, 3.8) is 0 Å². The van der Waals surface area contributed by atoms with Gasteiger partial charge in [0.2, 0.25) is 0 Å². The molecule has 2 unspecified atom stereocenters. The Morgan fingerprint density at radius 1 is 1.15 bits per heavy atom. The summed E-state index contributed by atoms with van der Waals surface area (Å²) in [5.74, 6) is 0.